The lowest BCUT2D eigenvalue weighted by Crippen LogP contribution is -2.45. The van der Waals surface area contributed by atoms with E-state index in [-0.39, 0.29) is 13.0 Å². The van der Waals surface area contributed by atoms with Gasteiger partial charge in [-0.25, -0.2) is 4.79 Å². The van der Waals surface area contributed by atoms with Gasteiger partial charge in [0, 0.05) is 7.11 Å². The van der Waals surface area contributed by atoms with Gasteiger partial charge in [-0.05, 0) is 5.56 Å². The number of aliphatic hydroxyl groups is 1. The van der Waals surface area contributed by atoms with Gasteiger partial charge in [0.2, 0.25) is 5.91 Å². The van der Waals surface area contributed by atoms with Crippen LogP contribution >= 0.6 is 0 Å². The summed E-state index contributed by atoms with van der Waals surface area (Å²) in [6.45, 7) is 0.130. The van der Waals surface area contributed by atoms with Gasteiger partial charge in [-0.1, -0.05) is 30.3 Å². The molecule has 0 aliphatic rings. The van der Waals surface area contributed by atoms with Gasteiger partial charge < -0.3 is 24.6 Å². The van der Waals surface area contributed by atoms with Crippen molar-refractivity contribution in [2.24, 2.45) is 0 Å². The molecule has 1 amide bonds. The Morgan fingerprint density at radius 1 is 1.22 bits per heavy atom. The third-order valence-corrected chi connectivity index (χ3v) is 3.17. The van der Waals surface area contributed by atoms with Crippen molar-refractivity contribution in [3.63, 3.8) is 0 Å². The molecule has 7 heteroatoms. The van der Waals surface area contributed by atoms with Crippen LogP contribution in [0.15, 0.2) is 30.3 Å². The Labute approximate surface area is 135 Å². The number of ether oxygens (including phenoxy) is 3. The van der Waals surface area contributed by atoms with Crippen molar-refractivity contribution < 1.29 is 28.9 Å². The second-order valence-corrected chi connectivity index (χ2v) is 4.89. The third kappa shape index (κ3) is 7.23. The number of benzene rings is 1. The summed E-state index contributed by atoms with van der Waals surface area (Å²) in [5.41, 5.74) is 1.03. The molecule has 2 atom stereocenters. The number of hydrogen-bond acceptors (Lipinski definition) is 6. The zero-order valence-corrected chi connectivity index (χ0v) is 13.4. The maximum atomic E-state index is 11.9. The number of amides is 1. The molecule has 0 aliphatic heterocycles. The van der Waals surface area contributed by atoms with Crippen LogP contribution in [0.4, 0.5) is 0 Å². The molecule has 0 fully saturated rings. The predicted octanol–water partition coefficient (Wildman–Crippen LogP) is 0.258. The lowest BCUT2D eigenvalue weighted by atomic mass is 10.2. The molecule has 0 spiro atoms. The molecule has 1 rings (SSSR count). The smallest absolute Gasteiger partial charge is 0.330 e. The topological polar surface area (TPSA) is 94.1 Å². The van der Waals surface area contributed by atoms with E-state index in [2.05, 4.69) is 10.1 Å². The number of nitrogens with one attached hydrogen (secondary N) is 1. The van der Waals surface area contributed by atoms with E-state index in [1.54, 1.807) is 0 Å². The van der Waals surface area contributed by atoms with Gasteiger partial charge >= 0.3 is 5.97 Å². The van der Waals surface area contributed by atoms with Crippen LogP contribution in [-0.4, -0.2) is 56.6 Å². The average molecular weight is 325 g/mol. The summed E-state index contributed by atoms with van der Waals surface area (Å²) in [7, 11) is 2.67. The number of carbonyl (C=O) groups is 2. The summed E-state index contributed by atoms with van der Waals surface area (Å²) in [5, 5.41) is 11.5. The van der Waals surface area contributed by atoms with E-state index in [4.69, 9.17) is 14.6 Å². The number of carbonyl (C=O) groups excluding carboxylic acids is 2. The van der Waals surface area contributed by atoms with Crippen molar-refractivity contribution in [3.8, 4) is 0 Å². The summed E-state index contributed by atoms with van der Waals surface area (Å²) in [6, 6.07) is 8.57. The molecule has 0 saturated carbocycles. The molecule has 0 saturated heterocycles. The van der Waals surface area contributed by atoms with Gasteiger partial charge in [0.15, 0.2) is 6.04 Å². The molecule has 23 heavy (non-hydrogen) atoms. The summed E-state index contributed by atoms with van der Waals surface area (Å²) < 4.78 is 15.2. The lowest BCUT2D eigenvalue weighted by Gasteiger charge is -2.18. The summed E-state index contributed by atoms with van der Waals surface area (Å²) in [6.07, 6.45) is -0.436. The molecule has 2 N–H and O–H groups in total. The molecule has 0 aromatic heterocycles. The standard InChI is InChI=1S/C16H23NO6/c1-21-13(11-23-10-12-6-4-3-5-7-12)8-15(19)17-14(9-18)16(20)22-2/h3-7,13-14,18H,8-11H2,1-2H3,(H,17,19)/t13-,14+/m1/s1. The van der Waals surface area contributed by atoms with Crippen LogP contribution in [0, 0.1) is 0 Å². The van der Waals surface area contributed by atoms with E-state index in [9.17, 15) is 9.59 Å². The highest BCUT2D eigenvalue weighted by Crippen LogP contribution is 2.04. The van der Waals surface area contributed by atoms with Gasteiger partial charge in [-0.3, -0.25) is 4.79 Å². The van der Waals surface area contributed by atoms with Crippen LogP contribution in [-0.2, 0) is 30.4 Å². The maximum Gasteiger partial charge on any atom is 0.330 e. The normalized spacial score (nSPS) is 13.2. The Bertz CT molecular complexity index is 479. The maximum absolute atomic E-state index is 11.9. The molecule has 0 bridgehead atoms. The fraction of sp³-hybridized carbons (Fsp3) is 0.500. The second-order valence-electron chi connectivity index (χ2n) is 4.89. The van der Waals surface area contributed by atoms with E-state index in [1.165, 1.54) is 14.2 Å². The Morgan fingerprint density at radius 3 is 2.48 bits per heavy atom. The number of rotatable bonds is 10. The number of aliphatic hydroxyl groups excluding tert-OH is 1. The summed E-state index contributed by atoms with van der Waals surface area (Å²) in [5.74, 6) is -1.13. The van der Waals surface area contributed by atoms with Gasteiger partial charge in [-0.2, -0.15) is 0 Å². The van der Waals surface area contributed by atoms with E-state index in [1.807, 2.05) is 30.3 Å². The van der Waals surface area contributed by atoms with Crippen molar-refractivity contribution in [2.75, 3.05) is 27.4 Å². The third-order valence-electron chi connectivity index (χ3n) is 3.17. The van der Waals surface area contributed by atoms with Crippen molar-refractivity contribution >= 4 is 11.9 Å². The fourth-order valence-corrected chi connectivity index (χ4v) is 1.87. The fourth-order valence-electron chi connectivity index (χ4n) is 1.87. The molecule has 0 heterocycles. The van der Waals surface area contributed by atoms with Crippen LogP contribution < -0.4 is 5.32 Å². The van der Waals surface area contributed by atoms with E-state index in [0.29, 0.717) is 6.61 Å². The first-order chi connectivity index (χ1) is 11.1. The second kappa shape index (κ2) is 10.7. The van der Waals surface area contributed by atoms with Crippen LogP contribution in [0.5, 0.6) is 0 Å². The molecule has 1 aromatic carbocycles. The lowest BCUT2D eigenvalue weighted by molar-refractivity contribution is -0.146. The van der Waals surface area contributed by atoms with Gasteiger partial charge in [0.1, 0.15) is 0 Å². The van der Waals surface area contributed by atoms with Crippen LogP contribution in [0.25, 0.3) is 0 Å². The summed E-state index contributed by atoms with van der Waals surface area (Å²) >= 11 is 0. The van der Waals surface area contributed by atoms with Crippen LogP contribution in [0.2, 0.25) is 0 Å². The zero-order valence-electron chi connectivity index (χ0n) is 13.4. The van der Waals surface area contributed by atoms with Gasteiger partial charge in [0.05, 0.1) is 39.5 Å². The SMILES string of the molecule is COC(=O)[C@H](CO)NC(=O)C[C@H](COCc1ccccc1)OC. The Morgan fingerprint density at radius 2 is 1.91 bits per heavy atom. The van der Waals surface area contributed by atoms with Crippen LogP contribution in [0.1, 0.15) is 12.0 Å². The molecular weight excluding hydrogens is 302 g/mol. The first-order valence-corrected chi connectivity index (χ1v) is 7.23. The van der Waals surface area contributed by atoms with Crippen molar-refractivity contribution in [1.29, 1.82) is 0 Å². The van der Waals surface area contributed by atoms with E-state index >= 15 is 0 Å². The quantitative estimate of drug-likeness (QED) is 0.599. The predicted molar refractivity (Wildman–Crippen MR) is 82.5 cm³/mol. The molecule has 0 aliphatic carbocycles. The molecule has 0 unspecified atom stereocenters. The van der Waals surface area contributed by atoms with Crippen LogP contribution in [0.3, 0.4) is 0 Å². The Hall–Kier alpha value is -1.96. The molecule has 0 radical (unpaired) electrons. The zero-order chi connectivity index (χ0) is 17.1. The molecule has 1 aromatic rings. The first kappa shape index (κ1) is 19.1. The van der Waals surface area contributed by atoms with E-state index < -0.39 is 30.6 Å². The highest BCUT2D eigenvalue weighted by Gasteiger charge is 2.22. The summed E-state index contributed by atoms with van der Waals surface area (Å²) in [4.78, 5) is 23.2. The number of hydrogen-bond donors (Lipinski definition) is 2. The highest BCUT2D eigenvalue weighted by molar-refractivity contribution is 5.84. The molecular formula is C16H23NO6. The highest BCUT2D eigenvalue weighted by atomic mass is 16.5. The molecule has 128 valence electrons. The number of esters is 1. The minimum Gasteiger partial charge on any atom is -0.467 e. The van der Waals surface area contributed by atoms with Crippen molar-refractivity contribution in [1.82, 2.24) is 5.32 Å². The van der Waals surface area contributed by atoms with Crippen molar-refractivity contribution in [3.05, 3.63) is 35.9 Å². The first-order valence-electron chi connectivity index (χ1n) is 7.23. The largest absolute Gasteiger partial charge is 0.467 e. The average Bonchev–Trinajstić information content (AvgIpc) is 2.59. The van der Waals surface area contributed by atoms with Gasteiger partial charge in [0.25, 0.3) is 0 Å². The van der Waals surface area contributed by atoms with Crippen molar-refractivity contribution in [2.45, 2.75) is 25.2 Å². The molecule has 7 nitrogen and oxygen atoms in total. The Balaban J connectivity index is 2.36. The van der Waals surface area contributed by atoms with E-state index in [0.717, 1.165) is 5.56 Å². The minimum absolute atomic E-state index is 0.0127. The Kier molecular flexibility index (Phi) is 8.89. The monoisotopic (exact) mass is 325 g/mol. The van der Waals surface area contributed by atoms with Gasteiger partial charge in [-0.15, -0.1) is 0 Å². The number of methoxy groups -OCH3 is 2. The minimum atomic E-state index is -1.07.